The van der Waals surface area contributed by atoms with Crippen molar-refractivity contribution in [1.29, 1.82) is 0 Å². The van der Waals surface area contributed by atoms with Gasteiger partial charge in [0.15, 0.2) is 0 Å². The molecule has 1 heterocycles. The van der Waals surface area contributed by atoms with Gasteiger partial charge in [-0.3, -0.25) is 10.1 Å². The number of benzene rings is 1. The minimum atomic E-state index is -0.497. The number of aromatic nitrogens is 1. The summed E-state index contributed by atoms with van der Waals surface area (Å²) in [5, 5.41) is 11.0. The van der Waals surface area contributed by atoms with E-state index in [1.807, 2.05) is 29.8 Å². The van der Waals surface area contributed by atoms with Crippen LogP contribution in [0, 0.1) is 15.9 Å². The highest BCUT2D eigenvalue weighted by Crippen LogP contribution is 2.21. The highest BCUT2D eigenvalue weighted by atomic mass is 19.1. The van der Waals surface area contributed by atoms with Crippen molar-refractivity contribution >= 4 is 5.69 Å². The molecule has 20 heavy (non-hydrogen) atoms. The number of halogens is 1. The van der Waals surface area contributed by atoms with E-state index in [0.29, 0.717) is 12.0 Å². The third kappa shape index (κ3) is 3.21. The van der Waals surface area contributed by atoms with Gasteiger partial charge in [-0.15, -0.1) is 0 Å². The molecule has 6 heteroatoms. The summed E-state index contributed by atoms with van der Waals surface area (Å²) in [6, 6.07) is 7.25. The Kier molecular flexibility index (Phi) is 4.14. The Morgan fingerprint density at radius 2 is 2.20 bits per heavy atom. The minimum absolute atomic E-state index is 0.00820. The fourth-order valence-electron chi connectivity index (χ4n) is 2.16. The first kappa shape index (κ1) is 14.2. The van der Waals surface area contributed by atoms with Crippen molar-refractivity contribution in [1.82, 2.24) is 4.57 Å². The van der Waals surface area contributed by atoms with Crippen LogP contribution in [0.4, 0.5) is 10.1 Å². The van der Waals surface area contributed by atoms with Crippen molar-refractivity contribution < 1.29 is 9.31 Å². The predicted octanol–water partition coefficient (Wildman–Crippen LogP) is 2.47. The lowest BCUT2D eigenvalue weighted by molar-refractivity contribution is -0.385. The summed E-state index contributed by atoms with van der Waals surface area (Å²) in [5.41, 5.74) is 7.01. The Balaban J connectivity index is 2.32. The van der Waals surface area contributed by atoms with Crippen molar-refractivity contribution in [2.75, 3.05) is 0 Å². The first-order valence-corrected chi connectivity index (χ1v) is 6.30. The number of nitro groups is 1. The Labute approximate surface area is 116 Å². The van der Waals surface area contributed by atoms with E-state index < -0.39 is 10.7 Å². The highest BCUT2D eigenvalue weighted by molar-refractivity contribution is 5.40. The van der Waals surface area contributed by atoms with Crippen LogP contribution in [0.3, 0.4) is 0 Å². The van der Waals surface area contributed by atoms with Crippen molar-refractivity contribution in [2.45, 2.75) is 25.9 Å². The Morgan fingerprint density at radius 1 is 1.45 bits per heavy atom. The van der Waals surface area contributed by atoms with E-state index in [4.69, 9.17) is 5.73 Å². The summed E-state index contributed by atoms with van der Waals surface area (Å²) in [6.45, 7) is 2.14. The number of rotatable bonds is 5. The molecule has 2 N–H and O–H groups in total. The summed E-state index contributed by atoms with van der Waals surface area (Å²) in [7, 11) is 0. The second-order valence-corrected chi connectivity index (χ2v) is 4.84. The summed E-state index contributed by atoms with van der Waals surface area (Å²) < 4.78 is 15.2. The van der Waals surface area contributed by atoms with Crippen LogP contribution in [-0.4, -0.2) is 15.5 Å². The molecule has 2 aromatic rings. The van der Waals surface area contributed by atoms with Gasteiger partial charge in [0.25, 0.3) is 5.69 Å². The second-order valence-electron chi connectivity index (χ2n) is 4.84. The zero-order valence-corrected chi connectivity index (χ0v) is 11.1. The molecule has 5 nitrogen and oxygen atoms in total. The lowest BCUT2D eigenvalue weighted by Gasteiger charge is -2.11. The molecule has 1 unspecified atom stereocenters. The predicted molar refractivity (Wildman–Crippen MR) is 73.9 cm³/mol. The first-order chi connectivity index (χ1) is 9.47. The van der Waals surface area contributed by atoms with Gasteiger partial charge in [0.1, 0.15) is 5.82 Å². The smallest absolute Gasteiger partial charge is 0.274 e. The lowest BCUT2D eigenvalue weighted by Crippen LogP contribution is -2.20. The topological polar surface area (TPSA) is 74.1 Å². The Hall–Kier alpha value is -2.21. The van der Waals surface area contributed by atoms with Gasteiger partial charge in [-0.2, -0.15) is 0 Å². The number of nitrogens with two attached hydrogens (primary N) is 1. The minimum Gasteiger partial charge on any atom is -0.347 e. The third-order valence-corrected chi connectivity index (χ3v) is 3.03. The molecular formula is C14H16FN3O2. The van der Waals surface area contributed by atoms with Gasteiger partial charge in [0, 0.05) is 30.4 Å². The van der Waals surface area contributed by atoms with Crippen LogP contribution < -0.4 is 5.73 Å². The highest BCUT2D eigenvalue weighted by Gasteiger charge is 2.15. The molecule has 0 saturated heterocycles. The van der Waals surface area contributed by atoms with Crippen LogP contribution in [0.5, 0.6) is 0 Å². The maximum atomic E-state index is 13.3. The van der Waals surface area contributed by atoms with Crippen LogP contribution >= 0.6 is 0 Å². The first-order valence-electron chi connectivity index (χ1n) is 6.30. The molecule has 0 saturated carbocycles. The largest absolute Gasteiger partial charge is 0.347 e. The molecule has 1 aromatic heterocycles. The molecule has 106 valence electrons. The fraction of sp³-hybridized carbons (Fsp3) is 0.286. The Morgan fingerprint density at radius 3 is 2.85 bits per heavy atom. The lowest BCUT2D eigenvalue weighted by atomic mass is 10.1. The quantitative estimate of drug-likeness (QED) is 0.674. The normalized spacial score (nSPS) is 12.3. The van der Waals surface area contributed by atoms with Crippen LogP contribution in [0.1, 0.15) is 18.2 Å². The molecule has 0 spiro atoms. The molecule has 0 aliphatic carbocycles. The zero-order chi connectivity index (χ0) is 14.7. The van der Waals surface area contributed by atoms with Gasteiger partial charge in [-0.05, 0) is 31.2 Å². The maximum absolute atomic E-state index is 13.3. The SMILES string of the molecule is CC(N)Cc1cccn1Cc1cc(F)ccc1[N+](=O)[O-]. The van der Waals surface area contributed by atoms with Crippen LogP contribution in [0.25, 0.3) is 0 Å². The van der Waals surface area contributed by atoms with Gasteiger partial charge >= 0.3 is 0 Å². The van der Waals surface area contributed by atoms with E-state index in [1.165, 1.54) is 12.1 Å². The maximum Gasteiger partial charge on any atom is 0.274 e. The molecule has 1 aromatic carbocycles. The average molecular weight is 277 g/mol. The van der Waals surface area contributed by atoms with E-state index in [9.17, 15) is 14.5 Å². The molecule has 0 aliphatic heterocycles. The van der Waals surface area contributed by atoms with Gasteiger partial charge < -0.3 is 10.3 Å². The molecule has 0 amide bonds. The zero-order valence-electron chi connectivity index (χ0n) is 11.1. The third-order valence-electron chi connectivity index (χ3n) is 3.03. The molecule has 0 radical (unpaired) electrons. The summed E-state index contributed by atoms with van der Waals surface area (Å²) in [6.07, 6.45) is 2.47. The molecule has 0 bridgehead atoms. The van der Waals surface area contributed by atoms with E-state index in [1.54, 1.807) is 0 Å². The van der Waals surface area contributed by atoms with E-state index >= 15 is 0 Å². The van der Waals surface area contributed by atoms with Gasteiger partial charge in [-0.25, -0.2) is 4.39 Å². The summed E-state index contributed by atoms with van der Waals surface area (Å²) in [5.74, 6) is -0.480. The van der Waals surface area contributed by atoms with Crippen LogP contribution in [0.15, 0.2) is 36.5 Å². The van der Waals surface area contributed by atoms with E-state index in [-0.39, 0.29) is 18.3 Å². The molecule has 2 rings (SSSR count). The van der Waals surface area contributed by atoms with Gasteiger partial charge in [-0.1, -0.05) is 0 Å². The number of hydrogen-bond donors (Lipinski definition) is 1. The Bertz CT molecular complexity index is 623. The van der Waals surface area contributed by atoms with Gasteiger partial charge in [0.2, 0.25) is 0 Å². The van der Waals surface area contributed by atoms with E-state index in [0.717, 1.165) is 11.8 Å². The molecular weight excluding hydrogens is 261 g/mol. The number of nitro benzene ring substituents is 1. The summed E-state index contributed by atoms with van der Waals surface area (Å²) >= 11 is 0. The second kappa shape index (κ2) is 5.83. The van der Waals surface area contributed by atoms with Crippen molar-refractivity contribution in [3.63, 3.8) is 0 Å². The fourth-order valence-corrected chi connectivity index (χ4v) is 2.16. The average Bonchev–Trinajstić information content (AvgIpc) is 2.75. The van der Waals surface area contributed by atoms with E-state index in [2.05, 4.69) is 0 Å². The van der Waals surface area contributed by atoms with Crippen molar-refractivity contribution in [3.8, 4) is 0 Å². The van der Waals surface area contributed by atoms with Crippen molar-refractivity contribution in [3.05, 3.63) is 63.7 Å². The monoisotopic (exact) mass is 277 g/mol. The summed E-state index contributed by atoms with van der Waals surface area (Å²) in [4.78, 5) is 10.5. The van der Waals surface area contributed by atoms with Crippen LogP contribution in [-0.2, 0) is 13.0 Å². The number of hydrogen-bond acceptors (Lipinski definition) is 3. The van der Waals surface area contributed by atoms with Crippen LogP contribution in [0.2, 0.25) is 0 Å². The van der Waals surface area contributed by atoms with Crippen molar-refractivity contribution in [2.24, 2.45) is 5.73 Å². The molecule has 0 aliphatic rings. The standard InChI is InChI=1S/C14H16FN3O2/c1-10(16)7-13-3-2-6-17(13)9-11-8-12(15)4-5-14(11)18(19)20/h2-6,8,10H,7,9,16H2,1H3. The number of nitrogens with zero attached hydrogens (tertiary/aromatic N) is 2. The molecule has 1 atom stereocenters. The van der Waals surface area contributed by atoms with Gasteiger partial charge in [0.05, 0.1) is 17.0 Å². The molecule has 0 fully saturated rings.